The van der Waals surface area contributed by atoms with Crippen LogP contribution in [0.1, 0.15) is 412 Å². The van der Waals surface area contributed by atoms with E-state index in [0.717, 1.165) is 57.8 Å². The van der Waals surface area contributed by atoms with Gasteiger partial charge in [-0.15, -0.1) is 0 Å². The Morgan fingerprint density at radius 3 is 0.526 bits per heavy atom. The molecule has 0 aromatic heterocycles. The fourth-order valence-electron chi connectivity index (χ4n) is 11.1. The fourth-order valence-corrected chi connectivity index (χ4v) is 11.1. The van der Waals surface area contributed by atoms with Crippen molar-refractivity contribution in [3.8, 4) is 0 Å². The molecule has 0 fully saturated rings. The van der Waals surface area contributed by atoms with Gasteiger partial charge in [-0.05, 0) is 19.3 Å². The summed E-state index contributed by atoms with van der Waals surface area (Å²) in [5.74, 6) is -0.820. The number of esters is 3. The molecule has 76 heavy (non-hydrogen) atoms. The number of hydrogen-bond donors (Lipinski definition) is 0. The summed E-state index contributed by atoms with van der Waals surface area (Å²) in [5, 5.41) is 0. The van der Waals surface area contributed by atoms with Crippen LogP contribution in [0.2, 0.25) is 0 Å². The second-order valence-electron chi connectivity index (χ2n) is 24.2. The summed E-state index contributed by atoms with van der Waals surface area (Å²) in [6.07, 6.45) is 77.0. The Kier molecular flexibility index (Phi) is 64.5. The summed E-state index contributed by atoms with van der Waals surface area (Å²) < 4.78 is 17.0. The average Bonchev–Trinajstić information content (AvgIpc) is 3.42. The molecule has 0 aromatic carbocycles. The van der Waals surface area contributed by atoms with Crippen LogP contribution in [0.15, 0.2) is 0 Å². The Morgan fingerprint density at radius 2 is 0.355 bits per heavy atom. The second kappa shape index (κ2) is 65.9. The zero-order valence-corrected chi connectivity index (χ0v) is 52.1. The van der Waals surface area contributed by atoms with Gasteiger partial charge in [0.2, 0.25) is 0 Å². The zero-order chi connectivity index (χ0) is 55.0. The first-order valence-electron chi connectivity index (χ1n) is 35.0. The lowest BCUT2D eigenvalue weighted by atomic mass is 10.0. The van der Waals surface area contributed by atoms with Crippen LogP contribution in [0.4, 0.5) is 0 Å². The number of rotatable bonds is 66. The molecule has 452 valence electrons. The normalized spacial score (nSPS) is 11.9. The van der Waals surface area contributed by atoms with Crippen molar-refractivity contribution >= 4 is 17.9 Å². The first-order valence-corrected chi connectivity index (χ1v) is 35.0. The molecule has 0 aromatic rings. The predicted molar refractivity (Wildman–Crippen MR) is 330 cm³/mol. The summed E-state index contributed by atoms with van der Waals surface area (Å²) in [4.78, 5) is 38.4. The molecule has 0 aliphatic rings. The monoisotopic (exact) mass is 1070 g/mol. The Hall–Kier alpha value is -1.59. The largest absolute Gasteiger partial charge is 0.462 e. The van der Waals surface area contributed by atoms with Crippen molar-refractivity contribution in [1.82, 2.24) is 0 Å². The van der Waals surface area contributed by atoms with Crippen molar-refractivity contribution in [2.24, 2.45) is 0 Å². The van der Waals surface area contributed by atoms with E-state index in [0.29, 0.717) is 19.3 Å². The molecule has 0 rings (SSSR count). The van der Waals surface area contributed by atoms with Gasteiger partial charge in [0, 0.05) is 19.3 Å². The second-order valence-corrected chi connectivity index (χ2v) is 24.2. The number of carbonyl (C=O) groups excluding carboxylic acids is 3. The minimum absolute atomic E-state index is 0.0602. The summed E-state index contributed by atoms with van der Waals surface area (Å²) in [7, 11) is 0. The highest BCUT2D eigenvalue weighted by molar-refractivity contribution is 5.71. The molecule has 0 spiro atoms. The number of hydrogen-bond acceptors (Lipinski definition) is 6. The van der Waals surface area contributed by atoms with E-state index in [9.17, 15) is 14.4 Å². The molecule has 1 atom stereocenters. The van der Waals surface area contributed by atoms with Crippen LogP contribution in [-0.2, 0) is 28.6 Å². The minimum atomic E-state index is -0.763. The van der Waals surface area contributed by atoms with Crippen LogP contribution in [0, 0.1) is 0 Å². The van der Waals surface area contributed by atoms with Crippen LogP contribution in [0.3, 0.4) is 0 Å². The lowest BCUT2D eigenvalue weighted by Crippen LogP contribution is -2.30. The van der Waals surface area contributed by atoms with Crippen molar-refractivity contribution in [3.63, 3.8) is 0 Å². The van der Waals surface area contributed by atoms with E-state index < -0.39 is 6.10 Å². The van der Waals surface area contributed by atoms with Crippen molar-refractivity contribution < 1.29 is 28.6 Å². The molecule has 0 N–H and O–H groups in total. The Balaban J connectivity index is 4.20. The maximum atomic E-state index is 12.9. The van der Waals surface area contributed by atoms with E-state index in [2.05, 4.69) is 20.8 Å². The van der Waals surface area contributed by atoms with Gasteiger partial charge in [0.1, 0.15) is 13.2 Å². The van der Waals surface area contributed by atoms with Crippen LogP contribution in [0.5, 0.6) is 0 Å². The van der Waals surface area contributed by atoms with Crippen LogP contribution in [-0.4, -0.2) is 37.2 Å². The van der Waals surface area contributed by atoms with Crippen LogP contribution >= 0.6 is 0 Å². The maximum Gasteiger partial charge on any atom is 0.306 e. The van der Waals surface area contributed by atoms with Gasteiger partial charge >= 0.3 is 17.9 Å². The topological polar surface area (TPSA) is 78.9 Å². The molecular weight excluding hydrogens is 937 g/mol. The molecule has 0 bridgehead atoms. The standard InChI is InChI=1S/C70H136O6/c1-4-7-10-13-16-19-22-25-27-29-31-33-35-37-38-40-42-45-48-51-54-57-60-63-69(72)75-66-67(65-74-68(71)62-59-56-53-50-47-44-24-21-18-15-12-9-6-3)76-70(73)64-61-58-55-52-49-46-43-41-39-36-34-32-30-28-26-23-20-17-14-11-8-5-2/h67H,4-66H2,1-3H3. The Labute approximate surface area is 476 Å². The first-order chi connectivity index (χ1) is 37.5. The lowest BCUT2D eigenvalue weighted by molar-refractivity contribution is -0.167. The highest BCUT2D eigenvalue weighted by Crippen LogP contribution is 2.19. The van der Waals surface area contributed by atoms with E-state index in [4.69, 9.17) is 14.2 Å². The van der Waals surface area contributed by atoms with E-state index in [1.807, 2.05) is 0 Å². The molecule has 0 aliphatic carbocycles. The smallest absolute Gasteiger partial charge is 0.306 e. The maximum absolute atomic E-state index is 12.9. The van der Waals surface area contributed by atoms with Gasteiger partial charge in [-0.2, -0.15) is 0 Å². The van der Waals surface area contributed by atoms with E-state index in [1.54, 1.807) is 0 Å². The summed E-state index contributed by atoms with van der Waals surface area (Å²) in [6, 6.07) is 0. The van der Waals surface area contributed by atoms with Gasteiger partial charge in [-0.3, -0.25) is 14.4 Å². The van der Waals surface area contributed by atoms with Crippen molar-refractivity contribution in [2.45, 2.75) is 419 Å². The van der Waals surface area contributed by atoms with Crippen molar-refractivity contribution in [1.29, 1.82) is 0 Å². The Morgan fingerprint density at radius 1 is 0.211 bits per heavy atom. The van der Waals surface area contributed by atoms with Gasteiger partial charge in [0.05, 0.1) is 0 Å². The lowest BCUT2D eigenvalue weighted by Gasteiger charge is -2.18. The molecule has 0 amide bonds. The molecule has 0 aliphatic heterocycles. The molecule has 1 unspecified atom stereocenters. The third-order valence-electron chi connectivity index (χ3n) is 16.4. The molecule has 6 heteroatoms. The van der Waals surface area contributed by atoms with Crippen LogP contribution < -0.4 is 0 Å². The van der Waals surface area contributed by atoms with Crippen molar-refractivity contribution in [2.75, 3.05) is 13.2 Å². The van der Waals surface area contributed by atoms with E-state index in [-0.39, 0.29) is 31.1 Å². The van der Waals surface area contributed by atoms with Crippen LogP contribution in [0.25, 0.3) is 0 Å². The molecule has 0 radical (unpaired) electrons. The van der Waals surface area contributed by atoms with E-state index >= 15 is 0 Å². The molecule has 0 heterocycles. The minimum Gasteiger partial charge on any atom is -0.462 e. The zero-order valence-electron chi connectivity index (χ0n) is 52.1. The molecule has 0 saturated carbocycles. The van der Waals surface area contributed by atoms with Gasteiger partial charge in [0.15, 0.2) is 6.10 Å². The third-order valence-corrected chi connectivity index (χ3v) is 16.4. The molecule has 6 nitrogen and oxygen atoms in total. The fraction of sp³-hybridized carbons (Fsp3) is 0.957. The van der Waals surface area contributed by atoms with Gasteiger partial charge < -0.3 is 14.2 Å². The highest BCUT2D eigenvalue weighted by atomic mass is 16.6. The van der Waals surface area contributed by atoms with Gasteiger partial charge in [0.25, 0.3) is 0 Å². The average molecular weight is 1070 g/mol. The number of carbonyl (C=O) groups is 3. The highest BCUT2D eigenvalue weighted by Gasteiger charge is 2.19. The Bertz CT molecular complexity index is 1140. The quantitative estimate of drug-likeness (QED) is 0.0343. The third kappa shape index (κ3) is 63.2. The molecular formula is C70H136O6. The SMILES string of the molecule is CCCCCCCCCCCCCCCCCCCCCCCCCC(=O)OCC(COC(=O)CCCCCCCCCCCCCCC)OC(=O)CCCCCCCCCCCCCCCCCCCCCCCC. The van der Waals surface area contributed by atoms with Gasteiger partial charge in [-0.1, -0.05) is 374 Å². The first kappa shape index (κ1) is 74.4. The molecule has 0 saturated heterocycles. The summed E-state index contributed by atoms with van der Waals surface area (Å²) >= 11 is 0. The number of unbranched alkanes of at least 4 members (excludes halogenated alkanes) is 55. The van der Waals surface area contributed by atoms with Crippen molar-refractivity contribution in [3.05, 3.63) is 0 Å². The summed E-state index contributed by atoms with van der Waals surface area (Å²) in [6.45, 7) is 6.74. The summed E-state index contributed by atoms with van der Waals surface area (Å²) in [5.41, 5.74) is 0. The van der Waals surface area contributed by atoms with E-state index in [1.165, 1.54) is 315 Å². The number of ether oxygens (including phenoxy) is 3. The predicted octanol–water partition coefficient (Wildman–Crippen LogP) is 23.8. The van der Waals surface area contributed by atoms with Gasteiger partial charge in [-0.25, -0.2) is 0 Å².